The lowest BCUT2D eigenvalue weighted by Crippen LogP contribution is -2.41. The Hall–Kier alpha value is -0.260. The molecular formula is C15H17Cl2NOS2. The molecule has 0 aliphatic heterocycles. The average molecular weight is 362 g/mol. The van der Waals surface area contributed by atoms with Crippen molar-refractivity contribution in [3.05, 3.63) is 44.8 Å². The van der Waals surface area contributed by atoms with Crippen LogP contribution in [0.2, 0.25) is 10.0 Å². The molecule has 1 heterocycles. The molecule has 0 bridgehead atoms. The third kappa shape index (κ3) is 3.93. The molecular weight excluding hydrogens is 345 g/mol. The van der Waals surface area contributed by atoms with Crippen LogP contribution in [-0.2, 0) is 5.60 Å². The first-order chi connectivity index (χ1) is 9.72. The van der Waals surface area contributed by atoms with Gasteiger partial charge >= 0.3 is 0 Å². The van der Waals surface area contributed by atoms with Crippen LogP contribution in [0.5, 0.6) is 0 Å². The molecule has 6 heteroatoms. The molecule has 0 aliphatic rings. The van der Waals surface area contributed by atoms with Crippen molar-refractivity contribution in [2.75, 3.05) is 5.75 Å². The van der Waals surface area contributed by atoms with E-state index in [4.69, 9.17) is 23.2 Å². The summed E-state index contributed by atoms with van der Waals surface area (Å²) in [6, 6.07) is 5.41. The van der Waals surface area contributed by atoms with E-state index in [1.54, 1.807) is 29.5 Å². The van der Waals surface area contributed by atoms with Crippen molar-refractivity contribution in [2.45, 2.75) is 31.3 Å². The Morgan fingerprint density at radius 2 is 1.81 bits per heavy atom. The van der Waals surface area contributed by atoms with Gasteiger partial charge in [-0.05, 0) is 23.6 Å². The van der Waals surface area contributed by atoms with Crippen LogP contribution in [0.15, 0.2) is 34.8 Å². The third-order valence-corrected chi connectivity index (χ3v) is 5.86. The Labute approximate surface area is 143 Å². The highest BCUT2D eigenvalue weighted by Crippen LogP contribution is 2.44. The maximum Gasteiger partial charge on any atom is 0.114 e. The van der Waals surface area contributed by atoms with Crippen LogP contribution in [0.25, 0.3) is 0 Å². The number of aromatic nitrogens is 1. The second kappa shape index (κ2) is 6.47. The first kappa shape index (κ1) is 17.1. The second-order valence-electron chi connectivity index (χ2n) is 5.87. The summed E-state index contributed by atoms with van der Waals surface area (Å²) in [4.78, 5) is 5.91. The predicted molar refractivity (Wildman–Crippen MR) is 92.7 cm³/mol. The lowest BCUT2D eigenvalue weighted by molar-refractivity contribution is -0.0392. The van der Waals surface area contributed by atoms with Crippen LogP contribution < -0.4 is 0 Å². The molecule has 21 heavy (non-hydrogen) atoms. The molecule has 2 nitrogen and oxygen atoms in total. The van der Waals surface area contributed by atoms with E-state index < -0.39 is 5.60 Å². The van der Waals surface area contributed by atoms with Gasteiger partial charge in [-0.2, -0.15) is 0 Å². The molecule has 1 aromatic heterocycles. The smallest absolute Gasteiger partial charge is 0.114 e. The molecule has 1 unspecified atom stereocenters. The van der Waals surface area contributed by atoms with E-state index in [9.17, 15) is 5.11 Å². The number of thiazole rings is 1. The minimum absolute atomic E-state index is 0.311. The number of aliphatic hydroxyl groups is 1. The normalized spacial score (nSPS) is 15.0. The molecule has 1 atom stereocenters. The lowest BCUT2D eigenvalue weighted by Gasteiger charge is -2.39. The summed E-state index contributed by atoms with van der Waals surface area (Å²) >= 11 is 15.1. The van der Waals surface area contributed by atoms with Crippen LogP contribution >= 0.6 is 46.3 Å². The van der Waals surface area contributed by atoms with Crippen molar-refractivity contribution >= 4 is 46.3 Å². The summed E-state index contributed by atoms with van der Waals surface area (Å²) < 4.78 is 0. The van der Waals surface area contributed by atoms with Crippen LogP contribution in [-0.4, -0.2) is 15.8 Å². The molecule has 1 aromatic carbocycles. The predicted octanol–water partition coefficient (Wildman–Crippen LogP) is 5.48. The van der Waals surface area contributed by atoms with Crippen molar-refractivity contribution in [2.24, 2.45) is 5.41 Å². The first-order valence-corrected chi connectivity index (χ1v) is 9.05. The molecule has 0 saturated carbocycles. The zero-order chi connectivity index (χ0) is 15.7. The van der Waals surface area contributed by atoms with Gasteiger partial charge in [-0.1, -0.05) is 44.0 Å². The van der Waals surface area contributed by atoms with Gasteiger partial charge in [0.2, 0.25) is 0 Å². The molecule has 2 rings (SSSR count). The molecule has 2 aromatic rings. The van der Waals surface area contributed by atoms with Crippen LogP contribution in [0.3, 0.4) is 0 Å². The Morgan fingerprint density at radius 3 is 2.29 bits per heavy atom. The number of benzene rings is 1. The van der Waals surface area contributed by atoms with Gasteiger partial charge in [-0.25, -0.2) is 0 Å². The third-order valence-electron chi connectivity index (χ3n) is 3.36. The molecule has 0 fully saturated rings. The second-order valence-corrected chi connectivity index (χ2v) is 8.68. The SMILES string of the molecule is CC(C)(C)C(O)(CSc1cc(Cl)cc(Cl)c1)c1cncs1. The van der Waals surface area contributed by atoms with Gasteiger partial charge in [0, 0.05) is 26.9 Å². The summed E-state index contributed by atoms with van der Waals surface area (Å²) in [5.41, 5.74) is 0.468. The summed E-state index contributed by atoms with van der Waals surface area (Å²) in [7, 11) is 0. The Morgan fingerprint density at radius 1 is 1.19 bits per heavy atom. The molecule has 0 spiro atoms. The fraction of sp³-hybridized carbons (Fsp3) is 0.400. The zero-order valence-electron chi connectivity index (χ0n) is 12.1. The van der Waals surface area contributed by atoms with Gasteiger partial charge < -0.3 is 5.11 Å². The zero-order valence-corrected chi connectivity index (χ0v) is 15.2. The minimum Gasteiger partial charge on any atom is -0.383 e. The van der Waals surface area contributed by atoms with Crippen LogP contribution in [0, 0.1) is 5.41 Å². The van der Waals surface area contributed by atoms with Crippen molar-refractivity contribution in [3.8, 4) is 0 Å². The molecule has 1 N–H and O–H groups in total. The number of nitrogens with zero attached hydrogens (tertiary/aromatic N) is 1. The van der Waals surface area contributed by atoms with Crippen LogP contribution in [0.1, 0.15) is 25.6 Å². The molecule has 0 saturated heterocycles. The fourth-order valence-electron chi connectivity index (χ4n) is 1.88. The van der Waals surface area contributed by atoms with Crippen molar-refractivity contribution in [1.29, 1.82) is 0 Å². The first-order valence-electron chi connectivity index (χ1n) is 6.42. The van der Waals surface area contributed by atoms with E-state index in [1.807, 2.05) is 32.9 Å². The van der Waals surface area contributed by atoms with Gasteiger partial charge in [0.15, 0.2) is 0 Å². The minimum atomic E-state index is -0.965. The molecule has 0 amide bonds. The summed E-state index contributed by atoms with van der Waals surface area (Å²) in [6.07, 6.45) is 1.74. The molecule has 0 aliphatic carbocycles. The largest absolute Gasteiger partial charge is 0.383 e. The topological polar surface area (TPSA) is 33.1 Å². The van der Waals surface area contributed by atoms with Crippen LogP contribution in [0.4, 0.5) is 0 Å². The summed E-state index contributed by atoms with van der Waals surface area (Å²) in [6.45, 7) is 6.08. The average Bonchev–Trinajstić information content (AvgIpc) is 2.87. The molecule has 0 radical (unpaired) electrons. The number of hydrogen-bond donors (Lipinski definition) is 1. The Kier molecular flexibility index (Phi) is 5.27. The van der Waals surface area contributed by atoms with E-state index in [0.29, 0.717) is 15.8 Å². The standard InChI is InChI=1S/C15H17Cl2NOS2/c1-14(2,3)15(19,13-7-18-9-21-13)8-20-12-5-10(16)4-11(17)6-12/h4-7,9,19H,8H2,1-3H3. The highest BCUT2D eigenvalue weighted by molar-refractivity contribution is 7.99. The van der Waals surface area contributed by atoms with Gasteiger partial charge in [0.1, 0.15) is 5.60 Å². The van der Waals surface area contributed by atoms with E-state index in [0.717, 1.165) is 9.77 Å². The summed E-state index contributed by atoms with van der Waals surface area (Å²) in [5.74, 6) is 0.509. The highest BCUT2D eigenvalue weighted by Gasteiger charge is 2.42. The van der Waals surface area contributed by atoms with E-state index >= 15 is 0 Å². The quantitative estimate of drug-likeness (QED) is 0.732. The van der Waals surface area contributed by atoms with Gasteiger partial charge in [-0.3, -0.25) is 4.98 Å². The van der Waals surface area contributed by atoms with Gasteiger partial charge in [-0.15, -0.1) is 23.1 Å². The van der Waals surface area contributed by atoms with Gasteiger partial charge in [0.25, 0.3) is 0 Å². The Bertz CT molecular complexity index is 590. The maximum absolute atomic E-state index is 11.2. The van der Waals surface area contributed by atoms with Crippen molar-refractivity contribution in [1.82, 2.24) is 4.98 Å². The Balaban J connectivity index is 2.25. The van der Waals surface area contributed by atoms with E-state index in [-0.39, 0.29) is 5.41 Å². The lowest BCUT2D eigenvalue weighted by atomic mass is 9.77. The van der Waals surface area contributed by atoms with E-state index in [1.165, 1.54) is 11.3 Å². The number of rotatable bonds is 4. The number of hydrogen-bond acceptors (Lipinski definition) is 4. The maximum atomic E-state index is 11.2. The molecule has 114 valence electrons. The van der Waals surface area contributed by atoms with Gasteiger partial charge in [0.05, 0.1) is 10.4 Å². The van der Waals surface area contributed by atoms with Crippen molar-refractivity contribution < 1.29 is 5.11 Å². The number of halogens is 2. The monoisotopic (exact) mass is 361 g/mol. The highest BCUT2D eigenvalue weighted by atomic mass is 35.5. The fourth-order valence-corrected chi connectivity index (χ4v) is 4.94. The van der Waals surface area contributed by atoms with Crippen molar-refractivity contribution in [3.63, 3.8) is 0 Å². The summed E-state index contributed by atoms with van der Waals surface area (Å²) in [5, 5.41) is 12.4. The number of thioether (sulfide) groups is 1. The van der Waals surface area contributed by atoms with E-state index in [2.05, 4.69) is 4.98 Å².